The first-order valence-electron chi connectivity index (χ1n) is 1.27. The molecular weight excluding hydrogens is 82.0 g/mol. The first-order chi connectivity index (χ1) is 2.91. The molecule has 31 valence electrons. The fourth-order valence-corrected chi connectivity index (χ4v) is 0.0617. The molecule has 0 atom stereocenters. The number of carbonyl (C=O) groups excluding carboxylic acids is 1. The van der Waals surface area contributed by atoms with Crippen molar-refractivity contribution < 1.29 is 9.53 Å². The van der Waals surface area contributed by atoms with Crippen molar-refractivity contribution in [3.8, 4) is 6.07 Å². The second kappa shape index (κ2) is 3.96. The molecule has 0 unspecified atom stereocenters. The Morgan fingerprint density at radius 2 is 2.50 bits per heavy atom. The Morgan fingerprint density at radius 1 is 1.83 bits per heavy atom. The molecule has 0 bridgehead atoms. The summed E-state index contributed by atoms with van der Waals surface area (Å²) in [5, 5.41) is 7.64. The van der Waals surface area contributed by atoms with Gasteiger partial charge in [0.25, 0.3) is 0 Å². The van der Waals surface area contributed by atoms with E-state index in [1.54, 1.807) is 6.07 Å². The summed E-state index contributed by atoms with van der Waals surface area (Å²) in [6, 6.07) is 1.58. The van der Waals surface area contributed by atoms with Crippen LogP contribution in [0.4, 0.5) is 0 Å². The Balaban J connectivity index is 2.72. The maximum Gasteiger partial charge on any atom is 0.418 e. The van der Waals surface area contributed by atoms with Crippen molar-refractivity contribution in [3.63, 3.8) is 0 Å². The van der Waals surface area contributed by atoms with Gasteiger partial charge in [0.05, 0.1) is 0 Å². The fraction of sp³-hybridized carbons (Fsp3) is 0.333. The molecule has 6 heavy (non-hydrogen) atoms. The molecule has 0 saturated heterocycles. The summed E-state index contributed by atoms with van der Waals surface area (Å²) in [6.45, 7) is 0.891. The Kier molecular flexibility index (Phi) is 3.27. The quantitative estimate of drug-likeness (QED) is 0.427. The minimum atomic E-state index is -0.205. The summed E-state index contributed by atoms with van der Waals surface area (Å²) in [5.74, 6) is 0. The molecule has 0 aliphatic carbocycles. The molecule has 0 aromatic heterocycles. The Labute approximate surface area is 35.1 Å². The normalized spacial score (nSPS) is 5.83. The van der Waals surface area contributed by atoms with Crippen LogP contribution in [-0.4, -0.2) is 13.1 Å². The molecule has 0 amide bonds. The lowest BCUT2D eigenvalue weighted by Crippen LogP contribution is -1.83. The van der Waals surface area contributed by atoms with Crippen LogP contribution < -0.4 is 0 Å². The second-order valence-corrected chi connectivity index (χ2v) is 0.530. The zero-order valence-corrected chi connectivity index (χ0v) is 2.97. The fourth-order valence-electron chi connectivity index (χ4n) is 0.0617. The number of ether oxygens (including phenoxy) is 1. The van der Waals surface area contributed by atoms with Crippen molar-refractivity contribution in [3.05, 3.63) is 0 Å². The van der Waals surface area contributed by atoms with Crippen molar-refractivity contribution in [1.29, 1.82) is 5.26 Å². The van der Waals surface area contributed by atoms with Crippen LogP contribution in [0.15, 0.2) is 0 Å². The molecule has 1 radical (unpaired) electrons. The summed E-state index contributed by atoms with van der Waals surface area (Å²) in [6.07, 6.45) is 0. The van der Waals surface area contributed by atoms with Crippen LogP contribution >= 0.6 is 0 Å². The van der Waals surface area contributed by atoms with Crippen LogP contribution in [0.25, 0.3) is 0 Å². The van der Waals surface area contributed by atoms with Gasteiger partial charge in [-0.15, -0.1) is 0 Å². The SMILES string of the molecule is N#CCO[C]=O. The van der Waals surface area contributed by atoms with Gasteiger partial charge in [-0.1, -0.05) is 0 Å². The van der Waals surface area contributed by atoms with Gasteiger partial charge < -0.3 is 4.74 Å². The molecule has 0 aromatic rings. The van der Waals surface area contributed by atoms with Gasteiger partial charge in [-0.2, -0.15) is 5.26 Å². The summed E-state index contributed by atoms with van der Waals surface area (Å²) >= 11 is 0. The molecule has 3 nitrogen and oxygen atoms in total. The third kappa shape index (κ3) is 2.96. The summed E-state index contributed by atoms with van der Waals surface area (Å²) < 4.78 is 3.82. The average Bonchev–Trinajstić information content (AvgIpc) is 1.61. The first kappa shape index (κ1) is 4.96. The van der Waals surface area contributed by atoms with E-state index in [1.165, 1.54) is 0 Å². The van der Waals surface area contributed by atoms with E-state index in [2.05, 4.69) is 4.74 Å². The van der Waals surface area contributed by atoms with E-state index in [1.807, 2.05) is 0 Å². The van der Waals surface area contributed by atoms with Crippen molar-refractivity contribution in [2.24, 2.45) is 0 Å². The first-order valence-corrected chi connectivity index (χ1v) is 1.27. The summed E-state index contributed by atoms with van der Waals surface area (Å²) in [5.41, 5.74) is 0. The maximum absolute atomic E-state index is 9.07. The van der Waals surface area contributed by atoms with E-state index in [9.17, 15) is 0 Å². The van der Waals surface area contributed by atoms with Gasteiger partial charge >= 0.3 is 6.47 Å². The topological polar surface area (TPSA) is 50.1 Å². The van der Waals surface area contributed by atoms with Crippen LogP contribution in [0.5, 0.6) is 0 Å². The number of hydrogen-bond acceptors (Lipinski definition) is 3. The highest BCUT2D eigenvalue weighted by molar-refractivity contribution is 5.38. The molecule has 3 heteroatoms. The van der Waals surface area contributed by atoms with E-state index < -0.39 is 0 Å². The molecule has 0 fully saturated rings. The minimum absolute atomic E-state index is 0.205. The highest BCUT2D eigenvalue weighted by atomic mass is 16.5. The predicted octanol–water partition coefficient (Wildman–Crippen LogP) is -0.406. The number of hydrogen-bond donors (Lipinski definition) is 0. The number of nitriles is 1. The molecule has 0 aromatic carbocycles. The van der Waals surface area contributed by atoms with Gasteiger partial charge in [-0.05, 0) is 0 Å². The lowest BCUT2D eigenvalue weighted by Gasteiger charge is -1.75. The third-order valence-corrected chi connectivity index (χ3v) is 0.196. The summed E-state index contributed by atoms with van der Waals surface area (Å²) in [4.78, 5) is 9.07. The molecule has 0 rings (SSSR count). The molecule has 0 saturated carbocycles. The highest BCUT2D eigenvalue weighted by Gasteiger charge is 1.72. The Morgan fingerprint density at radius 3 is 2.67 bits per heavy atom. The number of rotatable bonds is 2. The van der Waals surface area contributed by atoms with Gasteiger partial charge in [0.1, 0.15) is 6.07 Å². The highest BCUT2D eigenvalue weighted by Crippen LogP contribution is 1.56. The maximum atomic E-state index is 9.07. The largest absolute Gasteiger partial charge is 0.442 e. The zero-order valence-electron chi connectivity index (χ0n) is 2.97. The summed E-state index contributed by atoms with van der Waals surface area (Å²) in [7, 11) is 0. The lowest BCUT2D eigenvalue weighted by atomic mass is 10.8. The Hall–Kier alpha value is -1.04. The molecule has 0 heterocycles. The Bertz CT molecular complexity index is 73.4. The van der Waals surface area contributed by atoms with Gasteiger partial charge in [0.2, 0.25) is 0 Å². The van der Waals surface area contributed by atoms with Crippen LogP contribution in [0.3, 0.4) is 0 Å². The van der Waals surface area contributed by atoms with Crippen molar-refractivity contribution in [1.82, 2.24) is 0 Å². The van der Waals surface area contributed by atoms with Gasteiger partial charge in [0, 0.05) is 0 Å². The van der Waals surface area contributed by atoms with E-state index in [4.69, 9.17) is 10.1 Å². The molecular formula is C3H2NO2. The monoisotopic (exact) mass is 84.0 g/mol. The van der Waals surface area contributed by atoms with Crippen LogP contribution in [0.1, 0.15) is 0 Å². The third-order valence-electron chi connectivity index (χ3n) is 0.196. The number of nitrogens with zero attached hydrogens (tertiary/aromatic N) is 1. The van der Waals surface area contributed by atoms with Crippen molar-refractivity contribution >= 4 is 6.47 Å². The van der Waals surface area contributed by atoms with E-state index in [-0.39, 0.29) is 6.61 Å². The van der Waals surface area contributed by atoms with Crippen LogP contribution in [-0.2, 0) is 9.53 Å². The van der Waals surface area contributed by atoms with Crippen LogP contribution in [0.2, 0.25) is 0 Å². The molecule has 0 spiro atoms. The molecule has 0 aliphatic heterocycles. The average molecular weight is 84.1 g/mol. The van der Waals surface area contributed by atoms with E-state index in [0.717, 1.165) is 6.47 Å². The smallest absolute Gasteiger partial charge is 0.418 e. The minimum Gasteiger partial charge on any atom is -0.442 e. The van der Waals surface area contributed by atoms with Gasteiger partial charge in [0.15, 0.2) is 6.61 Å². The van der Waals surface area contributed by atoms with E-state index in [0.29, 0.717) is 0 Å². The second-order valence-electron chi connectivity index (χ2n) is 0.530. The van der Waals surface area contributed by atoms with E-state index >= 15 is 0 Å². The molecule has 0 aliphatic rings. The lowest BCUT2D eigenvalue weighted by molar-refractivity contribution is 0.318. The van der Waals surface area contributed by atoms with Crippen molar-refractivity contribution in [2.75, 3.05) is 6.61 Å². The zero-order chi connectivity index (χ0) is 4.83. The standard InChI is InChI=1S/C3H2NO2/c4-1-2-6-3-5/h2H2. The van der Waals surface area contributed by atoms with Gasteiger partial charge in [-0.3, -0.25) is 0 Å². The predicted molar refractivity (Wildman–Crippen MR) is 17.3 cm³/mol. The van der Waals surface area contributed by atoms with Gasteiger partial charge in [-0.25, -0.2) is 4.79 Å². The van der Waals surface area contributed by atoms with Crippen LogP contribution in [0, 0.1) is 11.3 Å². The van der Waals surface area contributed by atoms with Crippen molar-refractivity contribution in [2.45, 2.75) is 0 Å². The molecule has 0 N–H and O–H groups in total.